The number of hydrogen-bond donors (Lipinski definition) is 1. The van der Waals surface area contributed by atoms with Crippen LogP contribution in [0.2, 0.25) is 0 Å². The molecule has 1 aromatic heterocycles. The predicted octanol–water partition coefficient (Wildman–Crippen LogP) is 2.00. The van der Waals surface area contributed by atoms with Gasteiger partial charge in [-0.15, -0.1) is 0 Å². The molecule has 0 radical (unpaired) electrons. The number of nitrogens with one attached hydrogen (secondary N) is 1. The summed E-state index contributed by atoms with van der Waals surface area (Å²) < 4.78 is 1.78. The van der Waals surface area contributed by atoms with Crippen molar-refractivity contribution in [2.45, 2.75) is 25.8 Å². The lowest BCUT2D eigenvalue weighted by Gasteiger charge is -2.31. The molecule has 0 spiro atoms. The average Bonchev–Trinajstić information content (AvgIpc) is 2.97. The van der Waals surface area contributed by atoms with E-state index < -0.39 is 0 Å². The van der Waals surface area contributed by atoms with E-state index in [9.17, 15) is 4.79 Å². The van der Waals surface area contributed by atoms with Gasteiger partial charge in [0.25, 0.3) is 5.91 Å². The number of nitrogens with zero attached hydrogens (tertiary/aromatic N) is 3. The molecule has 1 N–H and O–H groups in total. The molecular weight excluding hydrogens is 276 g/mol. The first-order valence-corrected chi connectivity index (χ1v) is 7.76. The van der Waals surface area contributed by atoms with E-state index in [1.807, 2.05) is 55.4 Å². The number of para-hydroxylation sites is 1. The van der Waals surface area contributed by atoms with Crippen molar-refractivity contribution < 1.29 is 4.79 Å². The zero-order valence-electron chi connectivity index (χ0n) is 13.1. The van der Waals surface area contributed by atoms with Crippen molar-refractivity contribution >= 4 is 5.91 Å². The van der Waals surface area contributed by atoms with E-state index >= 15 is 0 Å². The lowest BCUT2D eigenvalue weighted by molar-refractivity contribution is 0.0702. The molecule has 1 aromatic carbocycles. The molecule has 1 amide bonds. The SMILES string of the molecule is Cc1nn(-c2ccccc2)cc1C(=O)N(C)C1CCNCC1. The largest absolute Gasteiger partial charge is 0.339 e. The van der Waals surface area contributed by atoms with Gasteiger partial charge in [0.15, 0.2) is 0 Å². The molecule has 0 saturated carbocycles. The Labute approximate surface area is 130 Å². The summed E-state index contributed by atoms with van der Waals surface area (Å²) in [4.78, 5) is 14.6. The van der Waals surface area contributed by atoms with Gasteiger partial charge in [-0.2, -0.15) is 5.10 Å². The number of aryl methyl sites for hydroxylation is 1. The molecule has 3 rings (SSSR count). The van der Waals surface area contributed by atoms with Crippen LogP contribution >= 0.6 is 0 Å². The van der Waals surface area contributed by atoms with Crippen LogP contribution in [0, 0.1) is 6.92 Å². The third kappa shape index (κ3) is 2.90. The van der Waals surface area contributed by atoms with Gasteiger partial charge in [-0.3, -0.25) is 4.79 Å². The smallest absolute Gasteiger partial charge is 0.257 e. The molecule has 2 heterocycles. The van der Waals surface area contributed by atoms with Crippen LogP contribution in [-0.2, 0) is 0 Å². The molecular formula is C17H22N4O. The number of rotatable bonds is 3. The highest BCUT2D eigenvalue weighted by Crippen LogP contribution is 2.17. The normalized spacial score (nSPS) is 15.7. The van der Waals surface area contributed by atoms with Gasteiger partial charge < -0.3 is 10.2 Å². The maximum Gasteiger partial charge on any atom is 0.257 e. The van der Waals surface area contributed by atoms with E-state index in [-0.39, 0.29) is 5.91 Å². The Balaban J connectivity index is 1.82. The summed E-state index contributed by atoms with van der Waals surface area (Å²) in [6.45, 7) is 3.85. The quantitative estimate of drug-likeness (QED) is 0.943. The molecule has 0 atom stereocenters. The molecule has 1 saturated heterocycles. The van der Waals surface area contributed by atoms with Crippen LogP contribution in [0.1, 0.15) is 28.9 Å². The van der Waals surface area contributed by atoms with Crippen LogP contribution in [0.4, 0.5) is 0 Å². The Morgan fingerprint density at radius 1 is 1.27 bits per heavy atom. The third-order valence-electron chi connectivity index (χ3n) is 4.33. The van der Waals surface area contributed by atoms with Gasteiger partial charge in [-0.1, -0.05) is 18.2 Å². The van der Waals surface area contributed by atoms with Crippen molar-refractivity contribution in [3.05, 3.63) is 47.8 Å². The first-order chi connectivity index (χ1) is 10.7. The molecule has 5 nitrogen and oxygen atoms in total. The Morgan fingerprint density at radius 2 is 1.95 bits per heavy atom. The van der Waals surface area contributed by atoms with Crippen LogP contribution < -0.4 is 5.32 Å². The maximum absolute atomic E-state index is 12.8. The van der Waals surface area contributed by atoms with Crippen molar-refractivity contribution in [1.29, 1.82) is 0 Å². The minimum absolute atomic E-state index is 0.0616. The summed E-state index contributed by atoms with van der Waals surface area (Å²) in [6, 6.07) is 10.2. The van der Waals surface area contributed by atoms with Gasteiger partial charge in [-0.25, -0.2) is 4.68 Å². The molecule has 0 bridgehead atoms. The molecule has 0 unspecified atom stereocenters. The fourth-order valence-corrected chi connectivity index (χ4v) is 2.93. The van der Waals surface area contributed by atoms with Crippen molar-refractivity contribution in [2.24, 2.45) is 0 Å². The highest BCUT2D eigenvalue weighted by Gasteiger charge is 2.25. The Morgan fingerprint density at radius 3 is 2.64 bits per heavy atom. The maximum atomic E-state index is 12.8. The van der Waals surface area contributed by atoms with E-state index in [4.69, 9.17) is 0 Å². The lowest BCUT2D eigenvalue weighted by Crippen LogP contribution is -2.44. The Kier molecular flexibility index (Phi) is 4.24. The van der Waals surface area contributed by atoms with E-state index in [0.717, 1.165) is 37.3 Å². The van der Waals surface area contributed by atoms with Crippen LogP contribution in [0.5, 0.6) is 0 Å². The Bertz CT molecular complexity index is 644. The first kappa shape index (κ1) is 14.8. The van der Waals surface area contributed by atoms with Gasteiger partial charge in [0.05, 0.1) is 16.9 Å². The fourth-order valence-electron chi connectivity index (χ4n) is 2.93. The highest BCUT2D eigenvalue weighted by molar-refractivity contribution is 5.95. The lowest BCUT2D eigenvalue weighted by atomic mass is 10.0. The number of aromatic nitrogens is 2. The molecule has 116 valence electrons. The van der Waals surface area contributed by atoms with Crippen molar-refractivity contribution in [2.75, 3.05) is 20.1 Å². The molecule has 5 heteroatoms. The number of amides is 1. The summed E-state index contributed by atoms with van der Waals surface area (Å²) in [5, 5.41) is 7.82. The predicted molar refractivity (Wildman–Crippen MR) is 86.3 cm³/mol. The zero-order valence-corrected chi connectivity index (χ0v) is 13.1. The number of carbonyl (C=O) groups excluding carboxylic acids is 1. The van der Waals surface area contributed by atoms with E-state index in [1.165, 1.54) is 0 Å². The summed E-state index contributed by atoms with van der Waals surface area (Å²) in [5.74, 6) is 0.0616. The Hall–Kier alpha value is -2.14. The topological polar surface area (TPSA) is 50.2 Å². The third-order valence-corrected chi connectivity index (χ3v) is 4.33. The van der Waals surface area contributed by atoms with Crippen LogP contribution in [0.25, 0.3) is 5.69 Å². The second kappa shape index (κ2) is 6.32. The van der Waals surface area contributed by atoms with Gasteiger partial charge in [0, 0.05) is 19.3 Å². The minimum Gasteiger partial charge on any atom is -0.339 e. The first-order valence-electron chi connectivity index (χ1n) is 7.76. The molecule has 1 aliphatic heterocycles. The standard InChI is InChI=1S/C17H22N4O/c1-13-16(12-21(19-13)15-6-4-3-5-7-15)17(22)20(2)14-8-10-18-11-9-14/h3-7,12,14,18H,8-11H2,1-2H3. The van der Waals surface area contributed by atoms with Gasteiger partial charge in [0.2, 0.25) is 0 Å². The van der Waals surface area contributed by atoms with Crippen LogP contribution in [0.15, 0.2) is 36.5 Å². The van der Waals surface area contributed by atoms with Crippen molar-refractivity contribution in [1.82, 2.24) is 20.0 Å². The molecule has 1 fully saturated rings. The average molecular weight is 298 g/mol. The highest BCUT2D eigenvalue weighted by atomic mass is 16.2. The van der Waals surface area contributed by atoms with Crippen molar-refractivity contribution in [3.8, 4) is 5.69 Å². The van der Waals surface area contributed by atoms with E-state index in [2.05, 4.69) is 10.4 Å². The summed E-state index contributed by atoms with van der Waals surface area (Å²) in [5.41, 5.74) is 2.42. The van der Waals surface area contributed by atoms with Gasteiger partial charge in [0.1, 0.15) is 0 Å². The van der Waals surface area contributed by atoms with Crippen LogP contribution in [-0.4, -0.2) is 46.8 Å². The number of benzene rings is 1. The number of hydrogen-bond acceptors (Lipinski definition) is 3. The number of carbonyl (C=O) groups is 1. The van der Waals surface area contributed by atoms with Crippen LogP contribution in [0.3, 0.4) is 0 Å². The van der Waals surface area contributed by atoms with Crippen molar-refractivity contribution in [3.63, 3.8) is 0 Å². The van der Waals surface area contributed by atoms with Gasteiger partial charge in [-0.05, 0) is 45.0 Å². The minimum atomic E-state index is 0.0616. The van der Waals surface area contributed by atoms with E-state index in [1.54, 1.807) is 4.68 Å². The summed E-state index contributed by atoms with van der Waals surface area (Å²) in [6.07, 6.45) is 3.85. The second-order valence-corrected chi connectivity index (χ2v) is 5.81. The molecule has 22 heavy (non-hydrogen) atoms. The second-order valence-electron chi connectivity index (χ2n) is 5.81. The molecule has 1 aliphatic rings. The molecule has 0 aliphatic carbocycles. The number of piperidine rings is 1. The zero-order chi connectivity index (χ0) is 15.5. The molecule has 2 aromatic rings. The monoisotopic (exact) mass is 298 g/mol. The summed E-state index contributed by atoms with van der Waals surface area (Å²) in [7, 11) is 1.90. The summed E-state index contributed by atoms with van der Waals surface area (Å²) >= 11 is 0. The van der Waals surface area contributed by atoms with E-state index in [0.29, 0.717) is 11.6 Å². The van der Waals surface area contributed by atoms with Gasteiger partial charge >= 0.3 is 0 Å². The fraction of sp³-hybridized carbons (Fsp3) is 0.412.